The van der Waals surface area contributed by atoms with Crippen LogP contribution in [0.3, 0.4) is 0 Å². The van der Waals surface area contributed by atoms with Gasteiger partial charge in [-0.2, -0.15) is 18.4 Å². The Morgan fingerprint density at radius 2 is 1.86 bits per heavy atom. The second kappa shape index (κ2) is 5.72. The van der Waals surface area contributed by atoms with Crippen molar-refractivity contribution >= 4 is 17.4 Å². The van der Waals surface area contributed by atoms with Gasteiger partial charge in [0.25, 0.3) is 0 Å². The summed E-state index contributed by atoms with van der Waals surface area (Å²) in [6, 6.07) is 2.06. The largest absolute Gasteiger partial charge is 0.391 e. The highest BCUT2D eigenvalue weighted by Crippen LogP contribution is 2.36. The van der Waals surface area contributed by atoms with E-state index in [9.17, 15) is 18.4 Å². The zero-order valence-corrected chi connectivity index (χ0v) is 12.5. The molecule has 2 rings (SSSR count). The molecule has 0 N–H and O–H groups in total. The molecule has 114 valence electrons. The number of piperidine rings is 1. The molecule has 1 aliphatic rings. The van der Waals surface area contributed by atoms with Crippen molar-refractivity contribution < 1.29 is 13.2 Å². The third-order valence-corrected chi connectivity index (χ3v) is 4.45. The van der Waals surface area contributed by atoms with Gasteiger partial charge in [0, 0.05) is 13.1 Å². The maximum atomic E-state index is 12.7. The molecule has 1 fully saturated rings. The van der Waals surface area contributed by atoms with E-state index >= 15 is 0 Å². The molecule has 21 heavy (non-hydrogen) atoms. The summed E-state index contributed by atoms with van der Waals surface area (Å²) in [7, 11) is 0. The molecular formula is C14H15ClF3N3. The molecule has 0 atom stereocenters. The summed E-state index contributed by atoms with van der Waals surface area (Å²) in [5.74, 6) is -0.827. The van der Waals surface area contributed by atoms with Crippen LogP contribution in [0.1, 0.15) is 29.7 Å². The van der Waals surface area contributed by atoms with Crippen molar-refractivity contribution in [2.24, 2.45) is 5.92 Å². The molecule has 1 aromatic rings. The number of nitriles is 1. The molecule has 0 saturated carbocycles. The zero-order valence-electron chi connectivity index (χ0n) is 11.8. The Kier molecular flexibility index (Phi) is 4.33. The summed E-state index contributed by atoms with van der Waals surface area (Å²) in [6.45, 7) is 3.93. The number of hydrogen-bond donors (Lipinski definition) is 0. The first-order valence-corrected chi connectivity index (χ1v) is 7.02. The van der Waals surface area contributed by atoms with Gasteiger partial charge in [-0.1, -0.05) is 11.6 Å². The van der Waals surface area contributed by atoms with Crippen LogP contribution < -0.4 is 4.90 Å². The molecule has 1 aromatic heterocycles. The summed E-state index contributed by atoms with van der Waals surface area (Å²) in [5, 5.41) is 9.70. The van der Waals surface area contributed by atoms with E-state index in [0.29, 0.717) is 27.7 Å². The average Bonchev–Trinajstić information content (AvgIpc) is 2.43. The van der Waals surface area contributed by atoms with Crippen molar-refractivity contribution in [3.8, 4) is 6.07 Å². The molecule has 0 amide bonds. The monoisotopic (exact) mass is 317 g/mol. The first-order valence-electron chi connectivity index (χ1n) is 6.64. The second-order valence-electron chi connectivity index (χ2n) is 5.25. The van der Waals surface area contributed by atoms with Gasteiger partial charge in [0.15, 0.2) is 0 Å². The van der Waals surface area contributed by atoms with Crippen LogP contribution in [0.25, 0.3) is 0 Å². The van der Waals surface area contributed by atoms with Crippen LogP contribution in [0.15, 0.2) is 0 Å². The average molecular weight is 318 g/mol. The lowest BCUT2D eigenvalue weighted by atomic mass is 9.96. The van der Waals surface area contributed by atoms with E-state index < -0.39 is 12.1 Å². The standard InChI is InChI=1S/C14H15ClF3N3/c1-8-11(7-19)13(20-9(2)12(8)15)21-5-3-10(4-6-21)14(16,17)18/h10H,3-6H2,1-2H3. The molecule has 0 unspecified atom stereocenters. The summed E-state index contributed by atoms with van der Waals surface area (Å²) in [6.07, 6.45) is -4.10. The molecule has 2 heterocycles. The molecule has 0 bridgehead atoms. The number of pyridine rings is 1. The van der Waals surface area contributed by atoms with E-state index in [-0.39, 0.29) is 25.9 Å². The van der Waals surface area contributed by atoms with Crippen LogP contribution in [-0.4, -0.2) is 24.2 Å². The van der Waals surface area contributed by atoms with Gasteiger partial charge >= 0.3 is 6.18 Å². The lowest BCUT2D eigenvalue weighted by Crippen LogP contribution is -2.39. The first-order chi connectivity index (χ1) is 9.75. The number of aryl methyl sites for hydroxylation is 1. The highest BCUT2D eigenvalue weighted by Gasteiger charge is 2.41. The van der Waals surface area contributed by atoms with Crippen LogP contribution in [0.4, 0.5) is 19.0 Å². The summed E-state index contributed by atoms with van der Waals surface area (Å²) in [4.78, 5) is 6.05. The molecule has 3 nitrogen and oxygen atoms in total. The number of nitrogens with zero attached hydrogens (tertiary/aromatic N) is 3. The SMILES string of the molecule is Cc1nc(N2CCC(C(F)(F)F)CC2)c(C#N)c(C)c1Cl. The fraction of sp³-hybridized carbons (Fsp3) is 0.571. The normalized spacial score (nSPS) is 16.9. The molecule has 7 heteroatoms. The number of rotatable bonds is 1. The van der Waals surface area contributed by atoms with Crippen molar-refractivity contribution in [3.05, 3.63) is 21.8 Å². The first kappa shape index (κ1) is 15.9. The van der Waals surface area contributed by atoms with Crippen LogP contribution >= 0.6 is 11.6 Å². The van der Waals surface area contributed by atoms with Crippen molar-refractivity contribution in [1.29, 1.82) is 5.26 Å². The highest BCUT2D eigenvalue weighted by molar-refractivity contribution is 6.32. The van der Waals surface area contributed by atoms with Gasteiger partial charge in [0.2, 0.25) is 0 Å². The number of aromatic nitrogens is 1. The van der Waals surface area contributed by atoms with Crippen molar-refractivity contribution in [1.82, 2.24) is 4.98 Å². The molecule has 1 saturated heterocycles. The second-order valence-corrected chi connectivity index (χ2v) is 5.63. The van der Waals surface area contributed by atoms with Gasteiger partial charge in [-0.25, -0.2) is 4.98 Å². The number of anilines is 1. The molecule has 0 aliphatic carbocycles. The van der Waals surface area contributed by atoms with Crippen molar-refractivity contribution in [2.75, 3.05) is 18.0 Å². The van der Waals surface area contributed by atoms with Gasteiger partial charge in [-0.15, -0.1) is 0 Å². The Morgan fingerprint density at radius 1 is 1.29 bits per heavy atom. The predicted octanol–water partition coefficient (Wildman–Crippen LogP) is 4.00. The number of alkyl halides is 3. The quantitative estimate of drug-likeness (QED) is 0.786. The summed E-state index contributed by atoms with van der Waals surface area (Å²) in [5.41, 5.74) is 1.55. The summed E-state index contributed by atoms with van der Waals surface area (Å²) >= 11 is 6.07. The lowest BCUT2D eigenvalue weighted by molar-refractivity contribution is -0.179. The van der Waals surface area contributed by atoms with E-state index in [1.54, 1.807) is 18.7 Å². The van der Waals surface area contributed by atoms with Crippen molar-refractivity contribution in [3.63, 3.8) is 0 Å². The van der Waals surface area contributed by atoms with Gasteiger partial charge in [-0.3, -0.25) is 0 Å². The van der Waals surface area contributed by atoms with E-state index in [4.69, 9.17) is 11.6 Å². The van der Waals surface area contributed by atoms with E-state index in [1.807, 2.05) is 0 Å². The minimum Gasteiger partial charge on any atom is -0.355 e. The summed E-state index contributed by atoms with van der Waals surface area (Å²) < 4.78 is 38.1. The van der Waals surface area contributed by atoms with Gasteiger partial charge < -0.3 is 4.90 Å². The molecule has 0 aromatic carbocycles. The van der Waals surface area contributed by atoms with Crippen LogP contribution in [0.2, 0.25) is 5.02 Å². The van der Waals surface area contributed by atoms with Gasteiger partial charge in [0.05, 0.1) is 22.2 Å². The smallest absolute Gasteiger partial charge is 0.355 e. The molecule has 1 aliphatic heterocycles. The predicted molar refractivity (Wildman–Crippen MR) is 74.4 cm³/mol. The third kappa shape index (κ3) is 3.08. The fourth-order valence-electron chi connectivity index (χ4n) is 2.59. The molecular weight excluding hydrogens is 303 g/mol. The van der Waals surface area contributed by atoms with E-state index in [0.717, 1.165) is 0 Å². The minimum atomic E-state index is -4.15. The molecule has 0 spiro atoms. The topological polar surface area (TPSA) is 39.9 Å². The number of hydrogen-bond acceptors (Lipinski definition) is 3. The minimum absolute atomic E-state index is 0.0246. The number of halogens is 4. The Morgan fingerprint density at radius 3 is 2.33 bits per heavy atom. The Hall–Kier alpha value is -1.48. The third-order valence-electron chi connectivity index (χ3n) is 3.89. The molecule has 0 radical (unpaired) electrons. The Labute approximate surface area is 126 Å². The van der Waals surface area contributed by atoms with Crippen LogP contribution in [-0.2, 0) is 0 Å². The Balaban J connectivity index is 2.27. The maximum absolute atomic E-state index is 12.7. The van der Waals surface area contributed by atoms with Crippen LogP contribution in [0, 0.1) is 31.1 Å². The zero-order chi connectivity index (χ0) is 15.8. The lowest BCUT2D eigenvalue weighted by Gasteiger charge is -2.34. The van der Waals surface area contributed by atoms with Crippen LogP contribution in [0.5, 0.6) is 0 Å². The van der Waals surface area contributed by atoms with Crippen molar-refractivity contribution in [2.45, 2.75) is 32.9 Å². The van der Waals surface area contributed by atoms with Gasteiger partial charge in [0.1, 0.15) is 11.9 Å². The highest BCUT2D eigenvalue weighted by atomic mass is 35.5. The maximum Gasteiger partial charge on any atom is 0.391 e. The van der Waals surface area contributed by atoms with E-state index in [2.05, 4.69) is 11.1 Å². The Bertz CT molecular complexity index is 585. The van der Waals surface area contributed by atoms with E-state index in [1.165, 1.54) is 0 Å². The van der Waals surface area contributed by atoms with Gasteiger partial charge in [-0.05, 0) is 32.3 Å². The fourth-order valence-corrected chi connectivity index (χ4v) is 2.73.